The highest BCUT2D eigenvalue weighted by Crippen LogP contribution is 2.18. The van der Waals surface area contributed by atoms with Gasteiger partial charge >= 0.3 is 0 Å². The molecule has 3 amide bonds. The lowest BCUT2D eigenvalue weighted by Crippen LogP contribution is -2.47. The van der Waals surface area contributed by atoms with Crippen LogP contribution in [0.25, 0.3) is 0 Å². The summed E-state index contributed by atoms with van der Waals surface area (Å²) in [5, 5.41) is 8.48. The molecule has 0 aliphatic heterocycles. The average molecular weight is 388 g/mol. The highest BCUT2D eigenvalue weighted by Gasteiger charge is 2.25. The number of amides is 3. The normalized spacial score (nSPS) is 11.6. The number of benzene rings is 2. The second kappa shape index (κ2) is 9.19. The van der Waals surface area contributed by atoms with Crippen LogP contribution < -0.4 is 16.0 Å². The van der Waals surface area contributed by atoms with Gasteiger partial charge in [0.25, 0.3) is 5.91 Å². The average Bonchev–Trinajstić information content (AvgIpc) is 2.59. The number of rotatable bonds is 6. The van der Waals surface area contributed by atoms with Crippen LogP contribution in [-0.4, -0.2) is 23.8 Å². The lowest BCUT2D eigenvalue weighted by molar-refractivity contribution is -0.119. The third-order valence-corrected chi connectivity index (χ3v) is 4.13. The van der Waals surface area contributed by atoms with Crippen LogP contribution in [0.3, 0.4) is 0 Å². The van der Waals surface area contributed by atoms with Gasteiger partial charge < -0.3 is 16.0 Å². The van der Waals surface area contributed by atoms with Crippen molar-refractivity contribution in [1.29, 1.82) is 0 Å². The van der Waals surface area contributed by atoms with Gasteiger partial charge in [-0.2, -0.15) is 0 Å². The van der Waals surface area contributed by atoms with Crippen molar-refractivity contribution in [2.45, 2.75) is 26.8 Å². The Bertz CT molecular complexity index is 852. The third kappa shape index (κ3) is 5.82. The lowest BCUT2D eigenvalue weighted by atomic mass is 10.0. The van der Waals surface area contributed by atoms with Crippen LogP contribution in [0.15, 0.2) is 48.5 Å². The third-order valence-electron chi connectivity index (χ3n) is 3.80. The largest absolute Gasteiger partial charge is 0.340 e. The molecule has 2 aromatic carbocycles. The Kier molecular flexibility index (Phi) is 6.96. The second-order valence-electron chi connectivity index (χ2n) is 6.43. The quantitative estimate of drug-likeness (QED) is 0.706. The van der Waals surface area contributed by atoms with E-state index in [2.05, 4.69) is 16.0 Å². The fourth-order valence-corrected chi connectivity index (χ4v) is 2.72. The summed E-state index contributed by atoms with van der Waals surface area (Å²) in [4.78, 5) is 36.4. The molecule has 0 fully saturated rings. The Balaban J connectivity index is 2.12. The van der Waals surface area contributed by atoms with Crippen molar-refractivity contribution in [3.63, 3.8) is 0 Å². The summed E-state index contributed by atoms with van der Waals surface area (Å²) < 4.78 is 0. The van der Waals surface area contributed by atoms with Crippen LogP contribution in [0.2, 0.25) is 5.02 Å². The zero-order chi connectivity index (χ0) is 20.0. The van der Waals surface area contributed by atoms with Crippen molar-refractivity contribution in [2.24, 2.45) is 5.92 Å². The smallest absolute Gasteiger partial charge is 0.253 e. The van der Waals surface area contributed by atoms with Crippen LogP contribution in [0.4, 0.5) is 11.4 Å². The zero-order valence-electron chi connectivity index (χ0n) is 15.4. The van der Waals surface area contributed by atoms with E-state index in [1.165, 1.54) is 6.92 Å². The second-order valence-corrected chi connectivity index (χ2v) is 6.83. The number of nitrogens with one attached hydrogen (secondary N) is 3. The summed E-state index contributed by atoms with van der Waals surface area (Å²) in [5.41, 5.74) is 1.40. The molecule has 0 radical (unpaired) electrons. The van der Waals surface area contributed by atoms with Gasteiger partial charge in [-0.05, 0) is 36.2 Å². The molecule has 0 aliphatic rings. The van der Waals surface area contributed by atoms with Gasteiger partial charge in [0.05, 0.1) is 10.6 Å². The molecule has 1 atom stereocenters. The summed E-state index contributed by atoms with van der Waals surface area (Å²) in [6, 6.07) is 12.7. The maximum atomic E-state index is 12.7. The van der Waals surface area contributed by atoms with Gasteiger partial charge in [0.1, 0.15) is 6.04 Å². The van der Waals surface area contributed by atoms with Gasteiger partial charge in [-0.15, -0.1) is 0 Å². The molecular formula is C20H22ClN3O3. The molecule has 3 N–H and O–H groups in total. The predicted octanol–water partition coefficient (Wildman–Crippen LogP) is 3.69. The summed E-state index contributed by atoms with van der Waals surface area (Å²) in [7, 11) is 0. The van der Waals surface area contributed by atoms with Gasteiger partial charge in [0.15, 0.2) is 0 Å². The van der Waals surface area contributed by atoms with Crippen molar-refractivity contribution in [3.05, 3.63) is 59.1 Å². The highest BCUT2D eigenvalue weighted by atomic mass is 35.5. The minimum atomic E-state index is -0.752. The highest BCUT2D eigenvalue weighted by molar-refractivity contribution is 6.33. The molecule has 0 spiro atoms. The molecule has 2 aromatic rings. The molecule has 0 aliphatic carbocycles. The summed E-state index contributed by atoms with van der Waals surface area (Å²) in [6.07, 6.45) is 0. The first-order valence-electron chi connectivity index (χ1n) is 8.52. The molecule has 142 valence electrons. The number of hydrogen-bond donors (Lipinski definition) is 3. The van der Waals surface area contributed by atoms with Gasteiger partial charge in [-0.1, -0.05) is 43.6 Å². The molecule has 0 bridgehead atoms. The van der Waals surface area contributed by atoms with Crippen LogP contribution in [0.1, 0.15) is 31.1 Å². The minimum absolute atomic E-state index is 0.144. The topological polar surface area (TPSA) is 87.3 Å². The van der Waals surface area contributed by atoms with E-state index < -0.39 is 11.9 Å². The molecule has 7 heteroatoms. The van der Waals surface area contributed by atoms with E-state index in [9.17, 15) is 14.4 Å². The standard InChI is InChI=1S/C20H22ClN3O3/c1-12(2)18(24-19(26)16-9-4-5-10-17(16)21)20(27)23-15-8-6-7-14(11-15)22-13(3)25/h4-12,18H,1-3H3,(H,22,25)(H,23,27)(H,24,26)/t18-/m0/s1. The fraction of sp³-hybridized carbons (Fsp3) is 0.250. The first-order valence-corrected chi connectivity index (χ1v) is 8.89. The van der Waals surface area contributed by atoms with E-state index in [-0.39, 0.29) is 17.7 Å². The van der Waals surface area contributed by atoms with Crippen molar-refractivity contribution < 1.29 is 14.4 Å². The van der Waals surface area contributed by atoms with E-state index in [1.807, 2.05) is 13.8 Å². The van der Waals surface area contributed by atoms with E-state index >= 15 is 0 Å². The summed E-state index contributed by atoms with van der Waals surface area (Å²) in [6.45, 7) is 5.08. The minimum Gasteiger partial charge on any atom is -0.340 e. The van der Waals surface area contributed by atoms with Crippen molar-refractivity contribution >= 4 is 40.7 Å². The Hall–Kier alpha value is -2.86. The van der Waals surface area contributed by atoms with Crippen LogP contribution in [0, 0.1) is 5.92 Å². The number of carbonyl (C=O) groups is 3. The summed E-state index contributed by atoms with van der Waals surface area (Å²) in [5.74, 6) is -1.12. The molecule has 0 saturated heterocycles. The first-order chi connectivity index (χ1) is 12.8. The van der Waals surface area contributed by atoms with E-state index in [0.717, 1.165) is 0 Å². The fourth-order valence-electron chi connectivity index (χ4n) is 2.50. The van der Waals surface area contributed by atoms with Crippen molar-refractivity contribution in [1.82, 2.24) is 5.32 Å². The van der Waals surface area contributed by atoms with E-state index in [4.69, 9.17) is 11.6 Å². The Labute approximate surface area is 163 Å². The van der Waals surface area contributed by atoms with Crippen LogP contribution >= 0.6 is 11.6 Å². The molecule has 27 heavy (non-hydrogen) atoms. The number of carbonyl (C=O) groups excluding carboxylic acids is 3. The maximum absolute atomic E-state index is 12.7. The molecule has 0 unspecified atom stereocenters. The van der Waals surface area contributed by atoms with Gasteiger partial charge in [-0.25, -0.2) is 0 Å². The van der Waals surface area contributed by atoms with Crippen LogP contribution in [-0.2, 0) is 9.59 Å². The number of halogens is 1. The Morgan fingerprint density at radius 3 is 2.15 bits per heavy atom. The molecular weight excluding hydrogens is 366 g/mol. The van der Waals surface area contributed by atoms with Gasteiger partial charge in [-0.3, -0.25) is 14.4 Å². The van der Waals surface area contributed by atoms with Crippen molar-refractivity contribution in [2.75, 3.05) is 10.6 Å². The van der Waals surface area contributed by atoms with Crippen LogP contribution in [0.5, 0.6) is 0 Å². The molecule has 0 saturated carbocycles. The molecule has 0 heterocycles. The lowest BCUT2D eigenvalue weighted by Gasteiger charge is -2.22. The summed E-state index contributed by atoms with van der Waals surface area (Å²) >= 11 is 6.05. The van der Waals surface area contributed by atoms with Crippen molar-refractivity contribution in [3.8, 4) is 0 Å². The Morgan fingerprint density at radius 1 is 0.926 bits per heavy atom. The number of anilines is 2. The SMILES string of the molecule is CC(=O)Nc1cccc(NC(=O)[C@@H](NC(=O)c2ccccc2Cl)C(C)C)c1. The maximum Gasteiger partial charge on any atom is 0.253 e. The predicted molar refractivity (Wildman–Crippen MR) is 107 cm³/mol. The van der Waals surface area contributed by atoms with E-state index in [0.29, 0.717) is 22.0 Å². The molecule has 6 nitrogen and oxygen atoms in total. The monoisotopic (exact) mass is 387 g/mol. The van der Waals surface area contributed by atoms with Gasteiger partial charge in [0, 0.05) is 18.3 Å². The van der Waals surface area contributed by atoms with E-state index in [1.54, 1.807) is 48.5 Å². The molecule has 0 aromatic heterocycles. The number of hydrogen-bond acceptors (Lipinski definition) is 3. The Morgan fingerprint density at radius 2 is 1.56 bits per heavy atom. The zero-order valence-corrected chi connectivity index (χ0v) is 16.1. The molecule has 2 rings (SSSR count). The first kappa shape index (κ1) is 20.5. The van der Waals surface area contributed by atoms with Gasteiger partial charge in [0.2, 0.25) is 11.8 Å².